The van der Waals surface area contributed by atoms with E-state index < -0.39 is 5.91 Å². The van der Waals surface area contributed by atoms with Crippen molar-refractivity contribution < 1.29 is 4.79 Å². The van der Waals surface area contributed by atoms with E-state index in [1.807, 2.05) is 0 Å². The van der Waals surface area contributed by atoms with Crippen molar-refractivity contribution in [3.63, 3.8) is 0 Å². The number of rotatable bonds is 2. The third kappa shape index (κ3) is 3.07. The summed E-state index contributed by atoms with van der Waals surface area (Å²) in [6.07, 6.45) is 6.03. The van der Waals surface area contributed by atoms with Crippen LogP contribution < -0.4 is 11.2 Å². The predicted octanol–water partition coefficient (Wildman–Crippen LogP) is 3.34. The minimum Gasteiger partial charge on any atom is -0.364 e. The fraction of sp³-hybridized carbons (Fsp3) is 0.526. The summed E-state index contributed by atoms with van der Waals surface area (Å²) in [6, 6.07) is 3.35. The molecular formula is C19H25N3O2. The molecular weight excluding hydrogens is 302 g/mol. The number of carbonyl (C=O) groups excluding carboxylic acids is 1. The van der Waals surface area contributed by atoms with Crippen molar-refractivity contribution in [2.75, 3.05) is 0 Å². The minimum absolute atomic E-state index is 0.0386. The van der Waals surface area contributed by atoms with Crippen LogP contribution >= 0.6 is 0 Å². The van der Waals surface area contributed by atoms with Crippen LogP contribution in [0.15, 0.2) is 23.1 Å². The zero-order valence-corrected chi connectivity index (χ0v) is 14.6. The van der Waals surface area contributed by atoms with E-state index in [4.69, 9.17) is 5.73 Å². The molecule has 2 aromatic rings. The number of carbonyl (C=O) groups is 1. The second-order valence-electron chi connectivity index (χ2n) is 7.95. The highest BCUT2D eigenvalue weighted by atomic mass is 16.1. The van der Waals surface area contributed by atoms with E-state index in [9.17, 15) is 9.59 Å². The fourth-order valence-corrected chi connectivity index (χ4v) is 3.90. The summed E-state index contributed by atoms with van der Waals surface area (Å²) >= 11 is 0. The van der Waals surface area contributed by atoms with Crippen LogP contribution in [0.1, 0.15) is 68.6 Å². The number of hydrogen-bond acceptors (Lipinski definition) is 3. The maximum Gasteiger partial charge on any atom is 0.268 e. The third-order valence-corrected chi connectivity index (χ3v) is 5.39. The summed E-state index contributed by atoms with van der Waals surface area (Å²) in [7, 11) is 0. The summed E-state index contributed by atoms with van der Waals surface area (Å²) in [5.41, 5.74) is 7.12. The first-order valence-electron chi connectivity index (χ1n) is 8.59. The standard InChI is InChI=1S/C19H25N3O2/c1-19(2,3)12-6-4-11(5-7-12)14-10-15(23)16-13(22-14)8-9-21-17(16)18(20)24/h8-12H,4-7H2,1-3H3,(H2,20,24)(H,22,23). The van der Waals surface area contributed by atoms with Gasteiger partial charge in [0.05, 0.1) is 10.9 Å². The zero-order valence-electron chi connectivity index (χ0n) is 14.6. The zero-order chi connectivity index (χ0) is 17.5. The molecule has 0 bridgehead atoms. The van der Waals surface area contributed by atoms with Gasteiger partial charge in [0, 0.05) is 18.0 Å². The molecule has 1 fully saturated rings. The number of fused-ring (bicyclic) bond motifs is 1. The van der Waals surface area contributed by atoms with Crippen molar-refractivity contribution in [3.05, 3.63) is 39.9 Å². The Balaban J connectivity index is 1.93. The number of aromatic nitrogens is 2. The van der Waals surface area contributed by atoms with Gasteiger partial charge in [0.15, 0.2) is 5.43 Å². The average Bonchev–Trinajstić information content (AvgIpc) is 2.53. The maximum absolute atomic E-state index is 12.5. The van der Waals surface area contributed by atoms with Crippen molar-refractivity contribution >= 4 is 16.8 Å². The molecule has 2 aromatic heterocycles. The van der Waals surface area contributed by atoms with Gasteiger partial charge in [0.25, 0.3) is 5.91 Å². The number of pyridine rings is 2. The van der Waals surface area contributed by atoms with E-state index >= 15 is 0 Å². The van der Waals surface area contributed by atoms with Crippen molar-refractivity contribution in [3.8, 4) is 0 Å². The first kappa shape index (κ1) is 16.7. The van der Waals surface area contributed by atoms with Crippen molar-refractivity contribution in [2.24, 2.45) is 17.1 Å². The van der Waals surface area contributed by atoms with Crippen LogP contribution in [-0.4, -0.2) is 15.9 Å². The van der Waals surface area contributed by atoms with Crippen LogP contribution in [0.4, 0.5) is 0 Å². The highest BCUT2D eigenvalue weighted by Gasteiger charge is 2.30. The van der Waals surface area contributed by atoms with Gasteiger partial charge in [-0.05, 0) is 49.0 Å². The van der Waals surface area contributed by atoms with Crippen LogP contribution in [0.3, 0.4) is 0 Å². The van der Waals surface area contributed by atoms with Crippen LogP contribution in [0.5, 0.6) is 0 Å². The predicted molar refractivity (Wildman–Crippen MR) is 95.0 cm³/mol. The van der Waals surface area contributed by atoms with Crippen molar-refractivity contribution in [1.82, 2.24) is 9.97 Å². The molecule has 1 aliphatic rings. The lowest BCUT2D eigenvalue weighted by Crippen LogP contribution is -2.26. The Morgan fingerprint density at radius 2 is 1.92 bits per heavy atom. The van der Waals surface area contributed by atoms with E-state index in [1.165, 1.54) is 19.0 Å². The third-order valence-electron chi connectivity index (χ3n) is 5.39. The number of nitrogens with zero attached hydrogens (tertiary/aromatic N) is 1. The van der Waals surface area contributed by atoms with E-state index in [0.717, 1.165) is 24.5 Å². The maximum atomic E-state index is 12.5. The molecule has 128 valence electrons. The van der Waals surface area contributed by atoms with E-state index in [2.05, 4.69) is 30.7 Å². The molecule has 0 saturated heterocycles. The van der Waals surface area contributed by atoms with Gasteiger partial charge in [0.2, 0.25) is 0 Å². The SMILES string of the molecule is CC(C)(C)C1CCC(c2cc(=O)c3c(C(N)=O)nccc3[nH]2)CC1. The Kier molecular flexibility index (Phi) is 4.20. The molecule has 0 atom stereocenters. The fourth-order valence-electron chi connectivity index (χ4n) is 3.90. The lowest BCUT2D eigenvalue weighted by molar-refractivity contribution is 0.0997. The van der Waals surface area contributed by atoms with E-state index in [-0.39, 0.29) is 16.5 Å². The topological polar surface area (TPSA) is 88.8 Å². The summed E-state index contributed by atoms with van der Waals surface area (Å²) in [5.74, 6) is 0.419. The Bertz CT molecular complexity index is 825. The monoisotopic (exact) mass is 327 g/mol. The Hall–Kier alpha value is -2.17. The minimum atomic E-state index is -0.676. The van der Waals surface area contributed by atoms with Gasteiger partial charge in [-0.3, -0.25) is 14.6 Å². The Morgan fingerprint density at radius 3 is 2.50 bits per heavy atom. The van der Waals surface area contributed by atoms with Gasteiger partial charge in [-0.25, -0.2) is 0 Å². The molecule has 3 rings (SSSR count). The number of primary amides is 1. The molecule has 5 heteroatoms. The first-order chi connectivity index (χ1) is 11.3. The summed E-state index contributed by atoms with van der Waals surface area (Å²) in [4.78, 5) is 31.3. The number of amides is 1. The van der Waals surface area contributed by atoms with Gasteiger partial charge in [-0.2, -0.15) is 0 Å². The van der Waals surface area contributed by atoms with Crippen LogP contribution in [0.25, 0.3) is 10.9 Å². The van der Waals surface area contributed by atoms with Crippen LogP contribution in [-0.2, 0) is 0 Å². The number of H-pyrrole nitrogens is 1. The molecule has 2 heterocycles. The highest BCUT2D eigenvalue weighted by Crippen LogP contribution is 2.42. The molecule has 0 unspecified atom stereocenters. The Labute approximate surface area is 141 Å². The number of aromatic amines is 1. The molecule has 3 N–H and O–H groups in total. The van der Waals surface area contributed by atoms with Gasteiger partial charge >= 0.3 is 0 Å². The Morgan fingerprint density at radius 1 is 1.25 bits per heavy atom. The molecule has 1 aliphatic carbocycles. The molecule has 1 saturated carbocycles. The number of nitrogens with one attached hydrogen (secondary N) is 1. The van der Waals surface area contributed by atoms with Gasteiger partial charge in [-0.1, -0.05) is 20.8 Å². The van der Waals surface area contributed by atoms with Gasteiger partial charge < -0.3 is 10.7 Å². The second-order valence-corrected chi connectivity index (χ2v) is 7.95. The molecule has 24 heavy (non-hydrogen) atoms. The normalized spacial score (nSPS) is 21.8. The molecule has 0 spiro atoms. The molecule has 5 nitrogen and oxygen atoms in total. The summed E-state index contributed by atoms with van der Waals surface area (Å²) < 4.78 is 0. The second kappa shape index (κ2) is 6.04. The molecule has 0 aliphatic heterocycles. The quantitative estimate of drug-likeness (QED) is 0.886. The largest absolute Gasteiger partial charge is 0.364 e. The molecule has 1 amide bonds. The summed E-state index contributed by atoms with van der Waals surface area (Å²) in [6.45, 7) is 6.90. The average molecular weight is 327 g/mol. The highest BCUT2D eigenvalue weighted by molar-refractivity contribution is 6.03. The summed E-state index contributed by atoms with van der Waals surface area (Å²) in [5, 5.41) is 0.289. The van der Waals surface area contributed by atoms with Crippen LogP contribution in [0.2, 0.25) is 0 Å². The number of nitrogens with two attached hydrogens (primary N) is 1. The smallest absolute Gasteiger partial charge is 0.268 e. The van der Waals surface area contributed by atoms with E-state index in [0.29, 0.717) is 16.8 Å². The molecule has 0 aromatic carbocycles. The van der Waals surface area contributed by atoms with Crippen molar-refractivity contribution in [2.45, 2.75) is 52.4 Å². The number of hydrogen-bond donors (Lipinski definition) is 2. The lowest BCUT2D eigenvalue weighted by Gasteiger charge is -2.37. The van der Waals surface area contributed by atoms with Gasteiger partial charge in [-0.15, -0.1) is 0 Å². The van der Waals surface area contributed by atoms with Crippen LogP contribution in [0, 0.1) is 11.3 Å². The van der Waals surface area contributed by atoms with Crippen molar-refractivity contribution in [1.29, 1.82) is 0 Å². The molecule has 0 radical (unpaired) electrons. The van der Waals surface area contributed by atoms with Gasteiger partial charge in [0.1, 0.15) is 5.69 Å². The lowest BCUT2D eigenvalue weighted by atomic mass is 9.69. The first-order valence-corrected chi connectivity index (χ1v) is 8.59. The van der Waals surface area contributed by atoms with E-state index in [1.54, 1.807) is 12.1 Å².